The molecule has 23 nitrogen and oxygen atoms in total. The third-order valence-corrected chi connectivity index (χ3v) is 6.54. The van der Waals surface area contributed by atoms with Crippen LogP contribution >= 0.6 is 0 Å². The standard InChI is InChI=1S/C34H36N2O21/c37-27(51-21-31(41)56-25-11-3-1-9-23(25)33(43)53-19-29(39)49-16-6-5-15-35(45)46)13-14-28(38)52-22-32(42)57-26-12-4-2-10-24(26)34(44)54-20-30(40)50-17-7-8-18-55-36(47)48/h1-4,9-12H,5-8,13-22H2. The minimum atomic E-state index is -1.12. The maximum Gasteiger partial charge on any atom is 0.349 e. The van der Waals surface area contributed by atoms with E-state index < -0.39 is 97.0 Å². The van der Waals surface area contributed by atoms with Crippen LogP contribution in [0.15, 0.2) is 48.5 Å². The summed E-state index contributed by atoms with van der Waals surface area (Å²) in [7, 11) is 0. The van der Waals surface area contributed by atoms with E-state index in [1.54, 1.807) is 0 Å². The summed E-state index contributed by atoms with van der Waals surface area (Å²) in [6.45, 7) is -4.14. The van der Waals surface area contributed by atoms with E-state index in [1.807, 2.05) is 0 Å². The van der Waals surface area contributed by atoms with Crippen molar-refractivity contribution in [1.82, 2.24) is 0 Å². The number of esters is 8. The normalized spacial score (nSPS) is 10.2. The molecule has 0 aliphatic heterocycles. The van der Waals surface area contributed by atoms with Gasteiger partial charge >= 0.3 is 47.8 Å². The van der Waals surface area contributed by atoms with Gasteiger partial charge in [-0.3, -0.25) is 19.7 Å². The molecule has 2 rings (SSSR count). The Morgan fingerprint density at radius 1 is 0.474 bits per heavy atom. The van der Waals surface area contributed by atoms with Crippen molar-refractivity contribution in [2.24, 2.45) is 0 Å². The Morgan fingerprint density at radius 3 is 1.32 bits per heavy atom. The first-order valence-corrected chi connectivity index (χ1v) is 16.7. The smallest absolute Gasteiger partial charge is 0.349 e. The number of nitrogens with zero attached hydrogens (tertiary/aromatic N) is 2. The van der Waals surface area contributed by atoms with Gasteiger partial charge in [0.15, 0.2) is 26.4 Å². The molecule has 2 aromatic rings. The van der Waals surface area contributed by atoms with Gasteiger partial charge in [-0.2, -0.15) is 0 Å². The van der Waals surface area contributed by atoms with Crippen LogP contribution in [0.5, 0.6) is 11.5 Å². The Morgan fingerprint density at radius 2 is 0.877 bits per heavy atom. The number of para-hydroxylation sites is 2. The summed E-state index contributed by atoms with van der Waals surface area (Å²) in [6.07, 6.45) is -0.254. The molecule has 0 aliphatic rings. The van der Waals surface area contributed by atoms with E-state index >= 15 is 0 Å². The van der Waals surface area contributed by atoms with Crippen molar-refractivity contribution >= 4 is 47.8 Å². The predicted octanol–water partition coefficient (Wildman–Crippen LogP) is 1.51. The monoisotopic (exact) mass is 808 g/mol. The summed E-state index contributed by atoms with van der Waals surface area (Å²) >= 11 is 0. The fourth-order valence-corrected chi connectivity index (χ4v) is 3.93. The zero-order valence-corrected chi connectivity index (χ0v) is 30.0. The van der Waals surface area contributed by atoms with Crippen LogP contribution in [0.1, 0.15) is 59.2 Å². The van der Waals surface area contributed by atoms with Gasteiger partial charge in [0.2, 0.25) is 6.54 Å². The molecule has 0 unspecified atom stereocenters. The van der Waals surface area contributed by atoms with Crippen molar-refractivity contribution in [2.45, 2.75) is 38.5 Å². The molecular weight excluding hydrogens is 772 g/mol. The number of carbonyl (C=O) groups excluding carboxylic acids is 8. The van der Waals surface area contributed by atoms with Gasteiger partial charge in [0.05, 0.1) is 32.7 Å². The third-order valence-electron chi connectivity index (χ3n) is 6.54. The van der Waals surface area contributed by atoms with E-state index in [2.05, 4.69) is 4.84 Å². The molecule has 0 fully saturated rings. The second kappa shape index (κ2) is 25.8. The minimum absolute atomic E-state index is 0.108. The molecule has 0 bridgehead atoms. The van der Waals surface area contributed by atoms with E-state index in [0.29, 0.717) is 0 Å². The number of ether oxygens (including phenoxy) is 8. The molecule has 308 valence electrons. The molecule has 57 heavy (non-hydrogen) atoms. The van der Waals surface area contributed by atoms with Crippen LogP contribution in [-0.2, 0) is 62.0 Å². The first kappa shape index (κ1) is 46.0. The van der Waals surface area contributed by atoms with Gasteiger partial charge in [-0.25, -0.2) is 28.8 Å². The van der Waals surface area contributed by atoms with Crippen LogP contribution in [-0.4, -0.2) is 111 Å². The van der Waals surface area contributed by atoms with Crippen LogP contribution in [0, 0.1) is 20.2 Å². The lowest BCUT2D eigenvalue weighted by molar-refractivity contribution is -0.757. The molecule has 0 amide bonds. The highest BCUT2D eigenvalue weighted by Gasteiger charge is 2.21. The topological polar surface area (TPSA) is 306 Å². The summed E-state index contributed by atoms with van der Waals surface area (Å²) < 4.78 is 39.0. The molecule has 0 radical (unpaired) electrons. The van der Waals surface area contributed by atoms with E-state index in [1.165, 1.54) is 48.5 Å². The lowest BCUT2D eigenvalue weighted by atomic mass is 10.2. The maximum absolute atomic E-state index is 12.5. The largest absolute Gasteiger partial charge is 0.463 e. The molecule has 0 aliphatic carbocycles. The van der Waals surface area contributed by atoms with Crippen LogP contribution in [0.2, 0.25) is 0 Å². The zero-order chi connectivity index (χ0) is 42.0. The highest BCUT2D eigenvalue weighted by atomic mass is 16.9. The number of rotatable bonds is 26. The Balaban J connectivity index is 1.69. The van der Waals surface area contributed by atoms with Crippen molar-refractivity contribution in [3.63, 3.8) is 0 Å². The number of nitro groups is 1. The summed E-state index contributed by atoms with van der Waals surface area (Å²) in [5, 5.41) is 19.4. The third kappa shape index (κ3) is 20.2. The molecule has 0 saturated heterocycles. The quantitative estimate of drug-likeness (QED) is 0.0325. The summed E-state index contributed by atoms with van der Waals surface area (Å²) in [5.74, 6) is -8.83. The first-order chi connectivity index (χ1) is 27.2. The van der Waals surface area contributed by atoms with Gasteiger partial charge in [-0.05, 0) is 43.5 Å². The van der Waals surface area contributed by atoms with Gasteiger partial charge in [-0.15, -0.1) is 10.1 Å². The van der Waals surface area contributed by atoms with Crippen molar-refractivity contribution in [3.05, 3.63) is 79.9 Å². The Bertz CT molecular complexity index is 1760. The maximum atomic E-state index is 12.5. The molecule has 23 heteroatoms. The molecule has 0 aromatic heterocycles. The highest BCUT2D eigenvalue weighted by molar-refractivity contribution is 5.95. The predicted molar refractivity (Wildman–Crippen MR) is 181 cm³/mol. The van der Waals surface area contributed by atoms with Crippen molar-refractivity contribution in [3.8, 4) is 11.5 Å². The van der Waals surface area contributed by atoms with E-state index in [9.17, 15) is 58.6 Å². The van der Waals surface area contributed by atoms with Crippen molar-refractivity contribution in [1.29, 1.82) is 0 Å². The summed E-state index contributed by atoms with van der Waals surface area (Å²) in [6, 6.07) is 10.5. The van der Waals surface area contributed by atoms with Gasteiger partial charge in [0.1, 0.15) is 22.6 Å². The van der Waals surface area contributed by atoms with E-state index in [-0.39, 0.29) is 74.7 Å². The number of unbranched alkanes of at least 4 members (excludes halogenated alkanes) is 2. The highest BCUT2D eigenvalue weighted by Crippen LogP contribution is 2.20. The fraction of sp³-hybridized carbons (Fsp3) is 0.412. The molecule has 0 N–H and O–H groups in total. The van der Waals surface area contributed by atoms with Crippen molar-refractivity contribution < 1.29 is 91.1 Å². The summed E-state index contributed by atoms with van der Waals surface area (Å²) in [5.41, 5.74) is -0.515. The van der Waals surface area contributed by atoms with Crippen LogP contribution in [0.4, 0.5) is 0 Å². The number of benzene rings is 2. The Kier molecular flexibility index (Phi) is 20.8. The van der Waals surface area contributed by atoms with Crippen molar-refractivity contribution in [2.75, 3.05) is 52.8 Å². The van der Waals surface area contributed by atoms with Gasteiger partial charge < -0.3 is 42.7 Å². The molecule has 0 spiro atoms. The lowest BCUT2D eigenvalue weighted by Crippen LogP contribution is -2.22. The van der Waals surface area contributed by atoms with Crippen LogP contribution < -0.4 is 9.47 Å². The fourth-order valence-electron chi connectivity index (χ4n) is 3.93. The molecule has 0 heterocycles. The second-order valence-corrected chi connectivity index (χ2v) is 10.9. The number of hydrogen-bond donors (Lipinski definition) is 0. The zero-order valence-electron chi connectivity index (χ0n) is 30.0. The van der Waals surface area contributed by atoms with E-state index in [4.69, 9.17) is 37.9 Å². The lowest BCUT2D eigenvalue weighted by Gasteiger charge is -2.11. The molecule has 2 aromatic carbocycles. The molecule has 0 saturated carbocycles. The van der Waals surface area contributed by atoms with E-state index in [0.717, 1.165) is 0 Å². The summed E-state index contributed by atoms with van der Waals surface area (Å²) in [4.78, 5) is 121. The van der Waals surface area contributed by atoms with Gasteiger partial charge in [-0.1, -0.05) is 24.3 Å². The SMILES string of the molecule is O=C(CCC(=O)OCC(=O)Oc1ccccc1C(=O)OCC(=O)OCCCC[N+](=O)[O-])OCC(=O)Oc1ccccc1C(=O)OCC(=O)OCCCCO[N+](=O)[O-]. The Hall–Kier alpha value is -7.20. The second-order valence-electron chi connectivity index (χ2n) is 10.9. The van der Waals surface area contributed by atoms with Crippen LogP contribution in [0.25, 0.3) is 0 Å². The molecular formula is C34H36N2O21. The van der Waals surface area contributed by atoms with Gasteiger partial charge in [0, 0.05) is 11.3 Å². The van der Waals surface area contributed by atoms with Crippen LogP contribution in [0.3, 0.4) is 0 Å². The minimum Gasteiger partial charge on any atom is -0.463 e. The molecule has 0 atom stereocenters. The number of hydrogen-bond acceptors (Lipinski definition) is 21. The first-order valence-electron chi connectivity index (χ1n) is 16.7. The average molecular weight is 809 g/mol. The average Bonchev–Trinajstić information content (AvgIpc) is 3.17. The van der Waals surface area contributed by atoms with Gasteiger partial charge in [0.25, 0.3) is 5.09 Å². The number of carbonyl (C=O) groups is 8. The Labute approximate surface area is 321 Å².